The molecule has 1 aromatic carbocycles. The lowest BCUT2D eigenvalue weighted by Gasteiger charge is -2.22. The number of nitro groups is 1. The highest BCUT2D eigenvalue weighted by atomic mass is 35.5. The Morgan fingerprint density at radius 2 is 2.00 bits per heavy atom. The lowest BCUT2D eigenvalue weighted by Crippen LogP contribution is -2.18. The number of halogens is 1. The molecule has 1 N–H and O–H groups in total. The first kappa shape index (κ1) is 15.2. The summed E-state index contributed by atoms with van der Waals surface area (Å²) in [5.41, 5.74) is 0.898. The molecule has 0 unspecified atom stereocenters. The van der Waals surface area contributed by atoms with Gasteiger partial charge in [0.25, 0.3) is 5.69 Å². The molecule has 0 aliphatic rings. The van der Waals surface area contributed by atoms with Crippen molar-refractivity contribution in [3.05, 3.63) is 31.8 Å². The van der Waals surface area contributed by atoms with Crippen LogP contribution in [0.1, 0.15) is 28.4 Å². The SMILES string of the molecule is CCc1c(C)c([N+](=O)[O-])c(Cl)c(C(=O)O)c1N(C)C. The van der Waals surface area contributed by atoms with Crippen LogP contribution in [0.15, 0.2) is 0 Å². The number of nitro benzene ring substituents is 1. The van der Waals surface area contributed by atoms with E-state index >= 15 is 0 Å². The van der Waals surface area contributed by atoms with Crippen LogP contribution < -0.4 is 4.90 Å². The zero-order valence-corrected chi connectivity index (χ0v) is 11.9. The Labute approximate surface area is 115 Å². The Hall–Kier alpha value is -1.82. The van der Waals surface area contributed by atoms with Crippen molar-refractivity contribution in [3.8, 4) is 0 Å². The quantitative estimate of drug-likeness (QED) is 0.679. The summed E-state index contributed by atoms with van der Waals surface area (Å²) in [5.74, 6) is -1.27. The molecule has 0 aliphatic heterocycles. The predicted molar refractivity (Wildman–Crippen MR) is 73.5 cm³/mol. The smallest absolute Gasteiger partial charge is 0.339 e. The van der Waals surface area contributed by atoms with Crippen LogP contribution in [0.25, 0.3) is 0 Å². The third-order valence-corrected chi connectivity index (χ3v) is 3.32. The summed E-state index contributed by atoms with van der Waals surface area (Å²) in [6.07, 6.45) is 0.484. The molecule has 6 nitrogen and oxygen atoms in total. The second-order valence-electron chi connectivity index (χ2n) is 4.30. The maximum Gasteiger partial charge on any atom is 0.339 e. The second kappa shape index (κ2) is 5.44. The largest absolute Gasteiger partial charge is 0.478 e. The summed E-state index contributed by atoms with van der Waals surface area (Å²) < 4.78 is 0. The lowest BCUT2D eigenvalue weighted by molar-refractivity contribution is -0.385. The number of benzene rings is 1. The third kappa shape index (κ3) is 2.49. The lowest BCUT2D eigenvalue weighted by atomic mass is 9.96. The van der Waals surface area contributed by atoms with Crippen LogP contribution in [0.2, 0.25) is 5.02 Å². The van der Waals surface area contributed by atoms with E-state index in [4.69, 9.17) is 11.6 Å². The van der Waals surface area contributed by atoms with Crippen molar-refractivity contribution in [2.45, 2.75) is 20.3 Å². The summed E-state index contributed by atoms with van der Waals surface area (Å²) in [7, 11) is 3.37. The summed E-state index contributed by atoms with van der Waals surface area (Å²) in [6.45, 7) is 3.40. The van der Waals surface area contributed by atoms with Crippen molar-refractivity contribution in [2.75, 3.05) is 19.0 Å². The highest BCUT2D eigenvalue weighted by Gasteiger charge is 2.30. The summed E-state index contributed by atoms with van der Waals surface area (Å²) >= 11 is 5.93. The van der Waals surface area contributed by atoms with Gasteiger partial charge in [-0.05, 0) is 18.9 Å². The van der Waals surface area contributed by atoms with Crippen molar-refractivity contribution in [3.63, 3.8) is 0 Å². The van der Waals surface area contributed by atoms with Gasteiger partial charge in [-0.15, -0.1) is 0 Å². The molecule has 0 amide bonds. The Morgan fingerprint density at radius 3 is 2.32 bits per heavy atom. The fourth-order valence-electron chi connectivity index (χ4n) is 2.20. The van der Waals surface area contributed by atoms with Gasteiger partial charge in [0.15, 0.2) is 0 Å². The first-order chi connectivity index (χ1) is 8.73. The molecule has 0 heterocycles. The highest BCUT2D eigenvalue weighted by Crippen LogP contribution is 2.41. The molecule has 1 rings (SSSR count). The molecule has 0 spiro atoms. The van der Waals surface area contributed by atoms with E-state index in [0.717, 1.165) is 0 Å². The van der Waals surface area contributed by atoms with Crippen LogP contribution >= 0.6 is 11.6 Å². The van der Waals surface area contributed by atoms with Crippen molar-refractivity contribution >= 4 is 28.9 Å². The molecule has 0 aromatic heterocycles. The topological polar surface area (TPSA) is 83.7 Å². The molecule has 0 aliphatic carbocycles. The van der Waals surface area contributed by atoms with Crippen molar-refractivity contribution in [1.82, 2.24) is 0 Å². The monoisotopic (exact) mass is 286 g/mol. The molecular weight excluding hydrogens is 272 g/mol. The van der Waals surface area contributed by atoms with Gasteiger partial charge in [0.05, 0.1) is 10.6 Å². The van der Waals surface area contributed by atoms with Gasteiger partial charge in [-0.3, -0.25) is 10.1 Å². The molecule has 0 saturated carbocycles. The fourth-order valence-corrected chi connectivity index (χ4v) is 2.58. The molecule has 0 bridgehead atoms. The Kier molecular flexibility index (Phi) is 4.36. The van der Waals surface area contributed by atoms with Gasteiger partial charge in [-0.25, -0.2) is 4.79 Å². The molecule has 0 radical (unpaired) electrons. The fraction of sp³-hybridized carbons (Fsp3) is 0.417. The predicted octanol–water partition coefficient (Wildman–Crippen LogP) is 2.88. The molecule has 0 saturated heterocycles. The minimum atomic E-state index is -1.27. The Balaban J connectivity index is 3.93. The standard InChI is InChI=1S/C12H15ClN2O4/c1-5-7-6(2)10(15(18)19)9(13)8(12(16)17)11(7)14(3)4/h5H2,1-4H3,(H,16,17). The number of carboxylic acids is 1. The van der Waals surface area contributed by atoms with Crippen molar-refractivity contribution in [2.24, 2.45) is 0 Å². The number of hydrogen-bond acceptors (Lipinski definition) is 4. The van der Waals surface area contributed by atoms with Crippen LogP contribution in [0.4, 0.5) is 11.4 Å². The molecule has 0 fully saturated rings. The minimum absolute atomic E-state index is 0.221. The van der Waals surface area contributed by atoms with Gasteiger partial charge < -0.3 is 10.0 Å². The van der Waals surface area contributed by atoms with Crippen LogP contribution in [0.3, 0.4) is 0 Å². The van der Waals surface area contributed by atoms with E-state index in [0.29, 0.717) is 23.2 Å². The van der Waals surface area contributed by atoms with E-state index < -0.39 is 10.9 Å². The first-order valence-corrected chi connectivity index (χ1v) is 6.01. The first-order valence-electron chi connectivity index (χ1n) is 5.63. The van der Waals surface area contributed by atoms with Crippen LogP contribution in [0, 0.1) is 17.0 Å². The number of nitrogens with zero attached hydrogens (tertiary/aromatic N) is 2. The third-order valence-electron chi connectivity index (χ3n) is 2.96. The zero-order chi connectivity index (χ0) is 14.9. The number of carbonyl (C=O) groups is 1. The Bertz CT molecular complexity index is 555. The average molecular weight is 287 g/mol. The van der Waals surface area contributed by atoms with Crippen LogP contribution in [0.5, 0.6) is 0 Å². The van der Waals surface area contributed by atoms with Gasteiger partial charge in [-0.1, -0.05) is 18.5 Å². The van der Waals surface area contributed by atoms with E-state index in [1.54, 1.807) is 25.9 Å². The average Bonchev–Trinajstić information content (AvgIpc) is 2.26. The number of hydrogen-bond donors (Lipinski definition) is 1. The van der Waals surface area contributed by atoms with E-state index in [1.807, 2.05) is 6.92 Å². The zero-order valence-electron chi connectivity index (χ0n) is 11.2. The van der Waals surface area contributed by atoms with E-state index in [-0.39, 0.29) is 16.3 Å². The molecular formula is C12H15ClN2O4. The van der Waals surface area contributed by atoms with Gasteiger partial charge in [0.1, 0.15) is 10.6 Å². The molecule has 104 valence electrons. The number of rotatable bonds is 4. The number of aromatic carboxylic acids is 1. The number of anilines is 1. The molecule has 19 heavy (non-hydrogen) atoms. The molecule has 1 aromatic rings. The van der Waals surface area contributed by atoms with Gasteiger partial charge in [0, 0.05) is 19.7 Å². The van der Waals surface area contributed by atoms with E-state index in [2.05, 4.69) is 0 Å². The summed E-state index contributed by atoms with van der Waals surface area (Å²) in [4.78, 5) is 23.4. The normalized spacial score (nSPS) is 10.4. The summed E-state index contributed by atoms with van der Waals surface area (Å²) in [6, 6.07) is 0. The highest BCUT2D eigenvalue weighted by molar-refractivity contribution is 6.36. The maximum atomic E-state index is 11.4. The van der Waals surface area contributed by atoms with Gasteiger partial charge >= 0.3 is 5.97 Å². The van der Waals surface area contributed by atoms with Crippen molar-refractivity contribution < 1.29 is 14.8 Å². The van der Waals surface area contributed by atoms with Crippen LogP contribution in [-0.4, -0.2) is 30.1 Å². The molecule has 7 heteroatoms. The summed E-state index contributed by atoms with van der Waals surface area (Å²) in [5, 5.41) is 20.0. The number of carboxylic acid groups (broad SMARTS) is 1. The maximum absolute atomic E-state index is 11.4. The van der Waals surface area contributed by atoms with Crippen molar-refractivity contribution in [1.29, 1.82) is 0 Å². The Morgan fingerprint density at radius 1 is 1.47 bits per heavy atom. The second-order valence-corrected chi connectivity index (χ2v) is 4.68. The molecule has 0 atom stereocenters. The van der Waals surface area contributed by atoms with Crippen LogP contribution in [-0.2, 0) is 6.42 Å². The van der Waals surface area contributed by atoms with Gasteiger partial charge in [0.2, 0.25) is 0 Å². The van der Waals surface area contributed by atoms with E-state index in [1.165, 1.54) is 0 Å². The minimum Gasteiger partial charge on any atom is -0.478 e. The van der Waals surface area contributed by atoms with Gasteiger partial charge in [-0.2, -0.15) is 0 Å². The van der Waals surface area contributed by atoms with E-state index in [9.17, 15) is 20.0 Å².